The van der Waals surface area contributed by atoms with Crippen LogP contribution in [0.3, 0.4) is 0 Å². The Bertz CT molecular complexity index is 1010. The lowest BCUT2D eigenvalue weighted by molar-refractivity contribution is -0.130. The predicted octanol–water partition coefficient (Wildman–Crippen LogP) is 2.85. The van der Waals surface area contributed by atoms with E-state index in [-0.39, 0.29) is 19.1 Å². The number of hydrogen-bond acceptors (Lipinski definition) is 5. The number of benzene rings is 2. The number of fused-ring (bicyclic) bond motifs is 3. The summed E-state index contributed by atoms with van der Waals surface area (Å²) in [6, 6.07) is 15.3. The van der Waals surface area contributed by atoms with Crippen LogP contribution in [0.2, 0.25) is 0 Å². The van der Waals surface area contributed by atoms with Crippen LogP contribution in [0.1, 0.15) is 23.5 Å². The van der Waals surface area contributed by atoms with Gasteiger partial charge < -0.3 is 20.5 Å². The third-order valence-corrected chi connectivity index (χ3v) is 5.75. The Hall–Kier alpha value is -3.44. The van der Waals surface area contributed by atoms with E-state index < -0.39 is 24.0 Å². The lowest BCUT2D eigenvalue weighted by atomic mass is 9.98. The molecule has 1 atom stereocenters. The van der Waals surface area contributed by atoms with Gasteiger partial charge in [-0.3, -0.25) is 4.79 Å². The Kier molecular flexibility index (Phi) is 8.17. The van der Waals surface area contributed by atoms with Crippen molar-refractivity contribution in [3.63, 3.8) is 0 Å². The smallest absolute Gasteiger partial charge is 0.407 e. The summed E-state index contributed by atoms with van der Waals surface area (Å²) in [6.07, 6.45) is 1.63. The Labute approximate surface area is 190 Å². The number of carboxylic acid groups (broad SMARTS) is 1. The highest BCUT2D eigenvalue weighted by molar-refractivity contribution is 7.98. The number of carbonyl (C=O) groups excluding carboxylic acids is 2. The van der Waals surface area contributed by atoms with E-state index in [1.165, 1.54) is 0 Å². The minimum atomic E-state index is -1.27. The molecule has 3 N–H and O–H groups in total. The van der Waals surface area contributed by atoms with E-state index in [9.17, 15) is 14.4 Å². The van der Waals surface area contributed by atoms with Crippen LogP contribution in [0.15, 0.2) is 48.5 Å². The topological polar surface area (TPSA) is 105 Å². The Morgan fingerprint density at radius 3 is 2.31 bits per heavy atom. The predicted molar refractivity (Wildman–Crippen MR) is 123 cm³/mol. The zero-order valence-electron chi connectivity index (χ0n) is 17.6. The van der Waals surface area contributed by atoms with Crippen LogP contribution in [0.25, 0.3) is 11.1 Å². The SMILES string of the molecule is CSCCC(NC(=O)OCC1c2ccccc2-c2ccccc21)C(=O)NCC#CC(=O)O. The third kappa shape index (κ3) is 5.83. The van der Waals surface area contributed by atoms with Crippen molar-refractivity contribution in [1.82, 2.24) is 10.6 Å². The first-order valence-electron chi connectivity index (χ1n) is 10.1. The average Bonchev–Trinajstić information content (AvgIpc) is 3.11. The Morgan fingerprint density at radius 1 is 1.09 bits per heavy atom. The average molecular weight is 453 g/mol. The molecule has 2 aromatic rings. The quantitative estimate of drug-likeness (QED) is 0.532. The highest BCUT2D eigenvalue weighted by Gasteiger charge is 2.29. The zero-order valence-corrected chi connectivity index (χ0v) is 18.4. The van der Waals surface area contributed by atoms with Gasteiger partial charge in [-0.15, -0.1) is 0 Å². The highest BCUT2D eigenvalue weighted by atomic mass is 32.2. The lowest BCUT2D eigenvalue weighted by Crippen LogP contribution is -2.47. The molecule has 0 saturated heterocycles. The molecule has 32 heavy (non-hydrogen) atoms. The summed E-state index contributed by atoms with van der Waals surface area (Å²) in [5.41, 5.74) is 4.49. The van der Waals surface area contributed by atoms with Gasteiger partial charge in [-0.25, -0.2) is 9.59 Å². The van der Waals surface area contributed by atoms with Crippen molar-refractivity contribution in [2.24, 2.45) is 0 Å². The van der Waals surface area contributed by atoms with Crippen LogP contribution in [0, 0.1) is 11.8 Å². The maximum atomic E-state index is 12.5. The zero-order chi connectivity index (χ0) is 22.9. The molecule has 0 fully saturated rings. The number of aliphatic carboxylic acids is 1. The van der Waals surface area contributed by atoms with E-state index in [0.717, 1.165) is 22.3 Å². The van der Waals surface area contributed by atoms with Gasteiger partial charge in [-0.2, -0.15) is 11.8 Å². The van der Waals surface area contributed by atoms with Crippen molar-refractivity contribution >= 4 is 29.7 Å². The van der Waals surface area contributed by atoms with E-state index in [1.807, 2.05) is 48.6 Å². The standard InChI is InChI=1S/C24H24N2O5S/c1-32-14-12-21(23(29)25-13-6-11-22(27)28)26-24(30)31-15-20-18-9-4-2-7-16(18)17-8-3-5-10-19(17)20/h2-5,7-10,20-21H,12-15H2,1H3,(H,25,29)(H,26,30)(H,27,28). The molecule has 3 rings (SSSR count). The molecule has 1 aliphatic rings. The molecule has 0 radical (unpaired) electrons. The number of amides is 2. The number of hydrogen-bond donors (Lipinski definition) is 3. The molecule has 7 nitrogen and oxygen atoms in total. The van der Waals surface area contributed by atoms with Gasteiger partial charge in [-0.05, 0) is 40.7 Å². The Balaban J connectivity index is 1.61. The number of carboxylic acids is 1. The number of thioether (sulfide) groups is 1. The molecule has 166 valence electrons. The number of carbonyl (C=O) groups is 3. The molecule has 2 amide bonds. The van der Waals surface area contributed by atoms with Gasteiger partial charge in [0.25, 0.3) is 0 Å². The summed E-state index contributed by atoms with van der Waals surface area (Å²) in [5, 5.41) is 13.7. The molecule has 0 spiro atoms. The van der Waals surface area contributed by atoms with Crippen LogP contribution in [0.4, 0.5) is 4.79 Å². The summed E-state index contributed by atoms with van der Waals surface area (Å²) >= 11 is 1.55. The highest BCUT2D eigenvalue weighted by Crippen LogP contribution is 2.44. The molecule has 0 heterocycles. The maximum Gasteiger partial charge on any atom is 0.407 e. The van der Waals surface area contributed by atoms with Gasteiger partial charge in [0.05, 0.1) is 6.54 Å². The van der Waals surface area contributed by atoms with Crippen molar-refractivity contribution in [3.8, 4) is 23.0 Å². The largest absolute Gasteiger partial charge is 0.472 e. The number of rotatable bonds is 8. The van der Waals surface area contributed by atoms with Crippen molar-refractivity contribution in [2.45, 2.75) is 18.4 Å². The number of ether oxygens (including phenoxy) is 1. The molecule has 2 aromatic carbocycles. The van der Waals surface area contributed by atoms with Crippen LogP contribution >= 0.6 is 11.8 Å². The third-order valence-electron chi connectivity index (χ3n) is 5.11. The van der Waals surface area contributed by atoms with Gasteiger partial charge in [0.15, 0.2) is 0 Å². The van der Waals surface area contributed by atoms with Crippen LogP contribution in [-0.4, -0.2) is 54.3 Å². The van der Waals surface area contributed by atoms with E-state index in [1.54, 1.807) is 11.8 Å². The van der Waals surface area contributed by atoms with Gasteiger partial charge in [0.2, 0.25) is 5.91 Å². The molecule has 8 heteroatoms. The summed E-state index contributed by atoms with van der Waals surface area (Å²) in [4.78, 5) is 35.3. The van der Waals surface area contributed by atoms with Gasteiger partial charge in [0.1, 0.15) is 12.6 Å². The minimum absolute atomic E-state index is 0.0714. The van der Waals surface area contributed by atoms with Crippen molar-refractivity contribution in [3.05, 3.63) is 59.7 Å². The summed E-state index contributed by atoms with van der Waals surface area (Å²) in [7, 11) is 0. The molecular formula is C24H24N2O5S. The molecule has 0 aromatic heterocycles. The second-order valence-electron chi connectivity index (χ2n) is 7.13. The van der Waals surface area contributed by atoms with E-state index in [0.29, 0.717) is 12.2 Å². The van der Waals surface area contributed by atoms with E-state index in [4.69, 9.17) is 9.84 Å². The molecule has 1 aliphatic carbocycles. The maximum absolute atomic E-state index is 12.5. The number of nitrogens with one attached hydrogen (secondary N) is 2. The number of alkyl carbamates (subject to hydrolysis) is 1. The first-order valence-corrected chi connectivity index (χ1v) is 11.5. The minimum Gasteiger partial charge on any atom is -0.472 e. The molecule has 0 aliphatic heterocycles. The van der Waals surface area contributed by atoms with Crippen molar-refractivity contribution in [2.75, 3.05) is 25.2 Å². The first kappa shape index (κ1) is 23.2. The molecule has 1 unspecified atom stereocenters. The van der Waals surface area contributed by atoms with E-state index in [2.05, 4.69) is 28.7 Å². The lowest BCUT2D eigenvalue weighted by Gasteiger charge is -2.19. The summed E-state index contributed by atoms with van der Waals surface area (Å²) in [6.45, 7) is 0.0358. The van der Waals surface area contributed by atoms with Crippen molar-refractivity contribution in [1.29, 1.82) is 0 Å². The van der Waals surface area contributed by atoms with E-state index >= 15 is 0 Å². The Morgan fingerprint density at radius 2 is 1.72 bits per heavy atom. The molecule has 0 bridgehead atoms. The monoisotopic (exact) mass is 452 g/mol. The van der Waals surface area contributed by atoms with Gasteiger partial charge in [-0.1, -0.05) is 54.5 Å². The fraction of sp³-hybridized carbons (Fsp3) is 0.292. The van der Waals surface area contributed by atoms with Crippen LogP contribution in [-0.2, 0) is 14.3 Å². The summed E-state index contributed by atoms with van der Waals surface area (Å²) < 4.78 is 5.51. The fourth-order valence-electron chi connectivity index (χ4n) is 3.66. The normalized spacial score (nSPS) is 12.5. The van der Waals surface area contributed by atoms with Gasteiger partial charge >= 0.3 is 12.1 Å². The molecular weight excluding hydrogens is 428 g/mol. The van der Waals surface area contributed by atoms with Crippen molar-refractivity contribution < 1.29 is 24.2 Å². The van der Waals surface area contributed by atoms with Crippen LogP contribution in [0.5, 0.6) is 0 Å². The molecule has 0 saturated carbocycles. The first-order chi connectivity index (χ1) is 15.5. The van der Waals surface area contributed by atoms with Gasteiger partial charge in [0, 0.05) is 11.8 Å². The summed E-state index contributed by atoms with van der Waals surface area (Å²) in [5.74, 6) is 3.14. The fourth-order valence-corrected chi connectivity index (χ4v) is 4.13. The second kappa shape index (κ2) is 11.3. The van der Waals surface area contributed by atoms with Crippen LogP contribution < -0.4 is 10.6 Å². The second-order valence-corrected chi connectivity index (χ2v) is 8.11.